The predicted octanol–water partition coefficient (Wildman–Crippen LogP) is 3.66. The molecule has 1 heterocycles. The summed E-state index contributed by atoms with van der Waals surface area (Å²) in [5, 5.41) is 8.87. The smallest absolute Gasteiger partial charge is 0.100 e. The lowest BCUT2D eigenvalue weighted by molar-refractivity contribution is 1.08. The standard InChI is InChI=1S/C14H8BrN3/c15-11-7-10(8-16)5-6-13(11)18-9-17-12-3-1-2-4-14(12)18/h1-7,9H. The van der Waals surface area contributed by atoms with Gasteiger partial charge in [0.05, 0.1) is 28.4 Å². The van der Waals surface area contributed by atoms with E-state index in [0.717, 1.165) is 21.2 Å². The van der Waals surface area contributed by atoms with Gasteiger partial charge >= 0.3 is 0 Å². The molecule has 3 aromatic rings. The van der Waals surface area contributed by atoms with Gasteiger partial charge in [0.15, 0.2) is 0 Å². The lowest BCUT2D eigenvalue weighted by Gasteiger charge is -2.07. The average Bonchev–Trinajstić information content (AvgIpc) is 2.82. The Labute approximate surface area is 112 Å². The Morgan fingerprint density at radius 3 is 2.78 bits per heavy atom. The van der Waals surface area contributed by atoms with Crippen molar-refractivity contribution in [3.8, 4) is 11.8 Å². The molecule has 0 fully saturated rings. The Morgan fingerprint density at radius 1 is 1.17 bits per heavy atom. The fourth-order valence-corrected chi connectivity index (χ4v) is 2.49. The summed E-state index contributed by atoms with van der Waals surface area (Å²) in [5.41, 5.74) is 3.61. The number of hydrogen-bond acceptors (Lipinski definition) is 2. The Hall–Kier alpha value is -2.12. The van der Waals surface area contributed by atoms with Crippen LogP contribution in [-0.2, 0) is 0 Å². The van der Waals surface area contributed by atoms with Crippen LogP contribution in [-0.4, -0.2) is 9.55 Å². The molecule has 0 aliphatic carbocycles. The maximum atomic E-state index is 8.87. The predicted molar refractivity (Wildman–Crippen MR) is 73.5 cm³/mol. The minimum atomic E-state index is 0.634. The van der Waals surface area contributed by atoms with Crippen LogP contribution >= 0.6 is 15.9 Å². The first-order valence-electron chi connectivity index (χ1n) is 5.42. The molecule has 0 aliphatic heterocycles. The van der Waals surface area contributed by atoms with Crippen LogP contribution in [0.3, 0.4) is 0 Å². The van der Waals surface area contributed by atoms with Crippen LogP contribution in [0.5, 0.6) is 0 Å². The molecule has 0 amide bonds. The molecular weight excluding hydrogens is 290 g/mol. The molecule has 0 N–H and O–H groups in total. The van der Waals surface area contributed by atoms with E-state index < -0.39 is 0 Å². The number of benzene rings is 2. The summed E-state index contributed by atoms with van der Waals surface area (Å²) in [6.45, 7) is 0. The highest BCUT2D eigenvalue weighted by molar-refractivity contribution is 9.10. The van der Waals surface area contributed by atoms with E-state index >= 15 is 0 Å². The Bertz CT molecular complexity index is 768. The molecule has 0 unspecified atom stereocenters. The van der Waals surface area contributed by atoms with E-state index in [1.54, 1.807) is 12.4 Å². The second-order valence-corrected chi connectivity index (χ2v) is 4.74. The summed E-state index contributed by atoms with van der Waals surface area (Å²) >= 11 is 3.50. The molecule has 0 radical (unpaired) electrons. The van der Waals surface area contributed by atoms with Gasteiger partial charge in [0.1, 0.15) is 6.33 Å². The first kappa shape index (κ1) is 11.0. The highest BCUT2D eigenvalue weighted by Crippen LogP contribution is 2.25. The third-order valence-corrected chi connectivity index (χ3v) is 3.43. The zero-order valence-electron chi connectivity index (χ0n) is 9.34. The van der Waals surface area contributed by atoms with Crippen molar-refractivity contribution in [2.75, 3.05) is 0 Å². The van der Waals surface area contributed by atoms with E-state index in [1.807, 2.05) is 41.0 Å². The van der Waals surface area contributed by atoms with Gasteiger partial charge < -0.3 is 0 Å². The van der Waals surface area contributed by atoms with Crippen molar-refractivity contribution in [2.45, 2.75) is 0 Å². The molecule has 0 spiro atoms. The fraction of sp³-hybridized carbons (Fsp3) is 0. The van der Waals surface area contributed by atoms with Crippen LogP contribution in [0.2, 0.25) is 0 Å². The van der Waals surface area contributed by atoms with E-state index in [2.05, 4.69) is 27.0 Å². The minimum absolute atomic E-state index is 0.634. The van der Waals surface area contributed by atoms with Crippen molar-refractivity contribution in [2.24, 2.45) is 0 Å². The molecule has 0 atom stereocenters. The maximum Gasteiger partial charge on any atom is 0.100 e. The topological polar surface area (TPSA) is 41.6 Å². The van der Waals surface area contributed by atoms with Crippen molar-refractivity contribution in [1.29, 1.82) is 5.26 Å². The molecule has 0 bridgehead atoms. The van der Waals surface area contributed by atoms with Crippen LogP contribution in [0.25, 0.3) is 16.7 Å². The second kappa shape index (κ2) is 4.28. The van der Waals surface area contributed by atoms with E-state index in [0.29, 0.717) is 5.56 Å². The molecule has 2 aromatic carbocycles. The van der Waals surface area contributed by atoms with Gasteiger partial charge in [-0.05, 0) is 46.3 Å². The highest BCUT2D eigenvalue weighted by atomic mass is 79.9. The van der Waals surface area contributed by atoms with Gasteiger partial charge in [-0.25, -0.2) is 4.98 Å². The summed E-state index contributed by atoms with van der Waals surface area (Å²) in [5.74, 6) is 0. The van der Waals surface area contributed by atoms with E-state index in [9.17, 15) is 0 Å². The summed E-state index contributed by atoms with van der Waals surface area (Å²) in [7, 11) is 0. The number of hydrogen-bond donors (Lipinski definition) is 0. The number of imidazole rings is 1. The lowest BCUT2D eigenvalue weighted by Crippen LogP contribution is -1.93. The molecule has 0 saturated heterocycles. The van der Waals surface area contributed by atoms with Crippen molar-refractivity contribution in [3.05, 3.63) is 58.8 Å². The molecule has 0 saturated carbocycles. The molecule has 18 heavy (non-hydrogen) atoms. The average molecular weight is 298 g/mol. The maximum absolute atomic E-state index is 8.87. The Morgan fingerprint density at radius 2 is 2.00 bits per heavy atom. The minimum Gasteiger partial charge on any atom is -0.298 e. The van der Waals surface area contributed by atoms with Crippen LogP contribution in [0, 0.1) is 11.3 Å². The van der Waals surface area contributed by atoms with Crippen LogP contribution in [0.15, 0.2) is 53.3 Å². The van der Waals surface area contributed by atoms with Crippen LogP contribution < -0.4 is 0 Å². The molecule has 86 valence electrons. The summed E-state index contributed by atoms with van der Waals surface area (Å²) in [6, 6.07) is 15.6. The van der Waals surface area contributed by atoms with E-state index in [-0.39, 0.29) is 0 Å². The molecule has 3 nitrogen and oxygen atoms in total. The molecule has 0 aliphatic rings. The van der Waals surface area contributed by atoms with Gasteiger partial charge in [-0.1, -0.05) is 12.1 Å². The third kappa shape index (κ3) is 1.69. The van der Waals surface area contributed by atoms with Gasteiger partial charge in [-0.2, -0.15) is 5.26 Å². The first-order chi connectivity index (χ1) is 8.79. The molecule has 4 heteroatoms. The number of halogens is 1. The second-order valence-electron chi connectivity index (χ2n) is 3.88. The van der Waals surface area contributed by atoms with Crippen molar-refractivity contribution in [3.63, 3.8) is 0 Å². The number of rotatable bonds is 1. The number of nitriles is 1. The van der Waals surface area contributed by atoms with Crippen molar-refractivity contribution >= 4 is 27.0 Å². The highest BCUT2D eigenvalue weighted by Gasteiger charge is 2.07. The third-order valence-electron chi connectivity index (χ3n) is 2.79. The quantitative estimate of drug-likeness (QED) is 0.688. The fourth-order valence-electron chi connectivity index (χ4n) is 1.92. The Balaban J connectivity index is 2.24. The van der Waals surface area contributed by atoms with Crippen LogP contribution in [0.1, 0.15) is 5.56 Å². The zero-order chi connectivity index (χ0) is 12.5. The zero-order valence-corrected chi connectivity index (χ0v) is 10.9. The summed E-state index contributed by atoms with van der Waals surface area (Å²) in [6.07, 6.45) is 1.79. The van der Waals surface area contributed by atoms with Crippen molar-refractivity contribution < 1.29 is 0 Å². The van der Waals surface area contributed by atoms with Crippen LogP contribution in [0.4, 0.5) is 0 Å². The normalized spacial score (nSPS) is 10.4. The number of para-hydroxylation sites is 2. The molecule has 1 aromatic heterocycles. The van der Waals surface area contributed by atoms with Gasteiger partial charge in [0.2, 0.25) is 0 Å². The first-order valence-corrected chi connectivity index (χ1v) is 6.21. The summed E-state index contributed by atoms with van der Waals surface area (Å²) in [4.78, 5) is 4.36. The Kier molecular flexibility index (Phi) is 2.62. The molecule has 3 rings (SSSR count). The number of fused-ring (bicyclic) bond motifs is 1. The number of nitrogens with zero attached hydrogens (tertiary/aromatic N) is 3. The molecular formula is C14H8BrN3. The number of aromatic nitrogens is 2. The monoisotopic (exact) mass is 297 g/mol. The van der Waals surface area contributed by atoms with E-state index in [4.69, 9.17) is 5.26 Å². The van der Waals surface area contributed by atoms with Crippen molar-refractivity contribution in [1.82, 2.24) is 9.55 Å². The SMILES string of the molecule is N#Cc1ccc(-n2cnc3ccccc32)c(Br)c1. The largest absolute Gasteiger partial charge is 0.298 e. The van der Waals surface area contributed by atoms with E-state index in [1.165, 1.54) is 0 Å². The van der Waals surface area contributed by atoms with Gasteiger partial charge in [-0.3, -0.25) is 4.57 Å². The van der Waals surface area contributed by atoms with Gasteiger partial charge in [0.25, 0.3) is 0 Å². The van der Waals surface area contributed by atoms with Gasteiger partial charge in [0, 0.05) is 4.47 Å². The lowest BCUT2D eigenvalue weighted by atomic mass is 10.2. The van der Waals surface area contributed by atoms with Gasteiger partial charge in [-0.15, -0.1) is 0 Å². The summed E-state index contributed by atoms with van der Waals surface area (Å²) < 4.78 is 2.88.